The molecule has 4 rings (SSSR count). The predicted molar refractivity (Wildman–Crippen MR) is 116 cm³/mol. The Balaban J connectivity index is 2.02. The summed E-state index contributed by atoms with van der Waals surface area (Å²) in [4.78, 5) is 0. The molecule has 0 aliphatic heterocycles. The molecule has 2 nitrogen and oxygen atoms in total. The first-order valence-corrected chi connectivity index (χ1v) is 10.0. The number of phenols is 2. The SMILES string of the molecule is CCCCC1C(c2ccc(O)cc2)=C(c2ccccc2)c2cc(O)cc(C)c21. The van der Waals surface area contributed by atoms with E-state index in [0.29, 0.717) is 5.75 Å². The van der Waals surface area contributed by atoms with E-state index in [1.54, 1.807) is 12.1 Å². The van der Waals surface area contributed by atoms with E-state index >= 15 is 0 Å². The molecule has 0 spiro atoms. The number of rotatable bonds is 5. The molecule has 3 aromatic carbocycles. The molecule has 0 heterocycles. The fourth-order valence-corrected chi connectivity index (χ4v) is 4.51. The molecule has 0 saturated carbocycles. The van der Waals surface area contributed by atoms with Crippen LogP contribution >= 0.6 is 0 Å². The van der Waals surface area contributed by atoms with Gasteiger partial charge in [-0.15, -0.1) is 0 Å². The van der Waals surface area contributed by atoms with Gasteiger partial charge in [0.1, 0.15) is 11.5 Å². The van der Waals surface area contributed by atoms with Crippen LogP contribution in [-0.4, -0.2) is 10.2 Å². The highest BCUT2D eigenvalue weighted by Crippen LogP contribution is 2.53. The van der Waals surface area contributed by atoms with Crippen LogP contribution < -0.4 is 0 Å². The van der Waals surface area contributed by atoms with Crippen molar-refractivity contribution < 1.29 is 10.2 Å². The number of hydrogen-bond acceptors (Lipinski definition) is 2. The van der Waals surface area contributed by atoms with Crippen molar-refractivity contribution in [2.75, 3.05) is 0 Å². The molecule has 28 heavy (non-hydrogen) atoms. The molecular formula is C26H26O2. The number of phenolic OH excluding ortho intramolecular Hbond substituents is 2. The summed E-state index contributed by atoms with van der Waals surface area (Å²) in [5.41, 5.74) is 8.38. The Labute approximate surface area is 166 Å². The van der Waals surface area contributed by atoms with Crippen molar-refractivity contribution in [3.8, 4) is 11.5 Å². The van der Waals surface area contributed by atoms with E-state index in [4.69, 9.17) is 0 Å². The molecule has 1 aliphatic carbocycles. The smallest absolute Gasteiger partial charge is 0.116 e. The van der Waals surface area contributed by atoms with Crippen LogP contribution in [0.2, 0.25) is 0 Å². The Hall–Kier alpha value is -3.00. The first-order valence-electron chi connectivity index (χ1n) is 10.0. The molecule has 1 aliphatic rings. The van der Waals surface area contributed by atoms with Crippen molar-refractivity contribution >= 4 is 11.1 Å². The maximum absolute atomic E-state index is 10.3. The van der Waals surface area contributed by atoms with Gasteiger partial charge in [-0.1, -0.05) is 62.2 Å². The van der Waals surface area contributed by atoms with Crippen LogP contribution in [0.15, 0.2) is 66.7 Å². The molecule has 0 aromatic heterocycles. The normalized spacial score (nSPS) is 15.7. The Morgan fingerprint density at radius 3 is 2.21 bits per heavy atom. The summed E-state index contributed by atoms with van der Waals surface area (Å²) < 4.78 is 0. The first-order chi connectivity index (χ1) is 13.6. The zero-order valence-electron chi connectivity index (χ0n) is 16.4. The molecule has 0 bridgehead atoms. The van der Waals surface area contributed by atoms with Gasteiger partial charge in [0.2, 0.25) is 0 Å². The minimum atomic E-state index is 0.278. The third-order valence-electron chi connectivity index (χ3n) is 5.69. The zero-order valence-corrected chi connectivity index (χ0v) is 16.4. The predicted octanol–water partition coefficient (Wildman–Crippen LogP) is 6.65. The third kappa shape index (κ3) is 3.20. The largest absolute Gasteiger partial charge is 0.508 e. The molecule has 3 aromatic rings. The van der Waals surface area contributed by atoms with Gasteiger partial charge in [0.15, 0.2) is 0 Å². The number of aryl methyl sites for hydroxylation is 1. The van der Waals surface area contributed by atoms with E-state index in [2.05, 4.69) is 38.1 Å². The minimum absolute atomic E-state index is 0.278. The second-order valence-corrected chi connectivity index (χ2v) is 7.62. The van der Waals surface area contributed by atoms with Gasteiger partial charge in [-0.05, 0) is 76.6 Å². The second kappa shape index (κ2) is 7.55. The Morgan fingerprint density at radius 2 is 1.54 bits per heavy atom. The topological polar surface area (TPSA) is 40.5 Å². The maximum atomic E-state index is 10.3. The van der Waals surface area contributed by atoms with Gasteiger partial charge in [0.05, 0.1) is 0 Å². The molecule has 2 heteroatoms. The minimum Gasteiger partial charge on any atom is -0.508 e. The summed E-state index contributed by atoms with van der Waals surface area (Å²) >= 11 is 0. The Morgan fingerprint density at radius 1 is 0.821 bits per heavy atom. The van der Waals surface area contributed by atoms with Crippen LogP contribution in [0.25, 0.3) is 11.1 Å². The van der Waals surface area contributed by atoms with Gasteiger partial charge in [0.25, 0.3) is 0 Å². The van der Waals surface area contributed by atoms with Gasteiger partial charge < -0.3 is 10.2 Å². The number of unbranched alkanes of at least 4 members (excludes halogenated alkanes) is 1. The summed E-state index contributed by atoms with van der Waals surface area (Å²) in [5.74, 6) is 0.876. The Bertz CT molecular complexity index is 1010. The highest BCUT2D eigenvalue weighted by Gasteiger charge is 2.34. The zero-order chi connectivity index (χ0) is 19.7. The van der Waals surface area contributed by atoms with Gasteiger partial charge in [-0.25, -0.2) is 0 Å². The highest BCUT2D eigenvalue weighted by atomic mass is 16.3. The fraction of sp³-hybridized carbons (Fsp3) is 0.231. The lowest BCUT2D eigenvalue weighted by Crippen LogP contribution is -2.01. The summed E-state index contributed by atoms with van der Waals surface area (Å²) in [5, 5.41) is 20.1. The van der Waals surface area contributed by atoms with Crippen LogP contribution in [0.3, 0.4) is 0 Å². The van der Waals surface area contributed by atoms with Crippen molar-refractivity contribution in [3.63, 3.8) is 0 Å². The van der Waals surface area contributed by atoms with E-state index < -0.39 is 0 Å². The summed E-state index contributed by atoms with van der Waals surface area (Å²) in [7, 11) is 0. The van der Waals surface area contributed by atoms with Gasteiger partial charge >= 0.3 is 0 Å². The molecule has 0 radical (unpaired) electrons. The third-order valence-corrected chi connectivity index (χ3v) is 5.69. The number of aromatic hydroxyl groups is 2. The number of benzene rings is 3. The van der Waals surface area contributed by atoms with Crippen LogP contribution in [0, 0.1) is 6.92 Å². The van der Waals surface area contributed by atoms with Gasteiger partial charge in [-0.2, -0.15) is 0 Å². The summed E-state index contributed by atoms with van der Waals surface area (Å²) in [6.07, 6.45) is 3.36. The maximum Gasteiger partial charge on any atom is 0.116 e. The lowest BCUT2D eigenvalue weighted by molar-refractivity contribution is 0.474. The molecule has 0 saturated heterocycles. The van der Waals surface area contributed by atoms with Gasteiger partial charge in [-0.3, -0.25) is 0 Å². The van der Waals surface area contributed by atoms with E-state index in [9.17, 15) is 10.2 Å². The summed E-state index contributed by atoms with van der Waals surface area (Å²) in [6, 6.07) is 21.8. The fourth-order valence-electron chi connectivity index (χ4n) is 4.51. The molecular weight excluding hydrogens is 344 g/mol. The molecule has 0 amide bonds. The Kier molecular flexibility index (Phi) is 4.95. The standard InChI is InChI=1S/C26H26O2/c1-3-4-10-22-24-17(2)15-21(28)16-23(24)26(18-8-6-5-7-9-18)25(22)19-11-13-20(27)14-12-19/h5-9,11-16,22,27-28H,3-4,10H2,1-2H3. The van der Waals surface area contributed by atoms with Crippen LogP contribution in [-0.2, 0) is 0 Å². The molecule has 1 unspecified atom stereocenters. The lowest BCUT2D eigenvalue weighted by atomic mass is 9.84. The molecule has 0 fully saturated rings. The average Bonchev–Trinajstić information content (AvgIpc) is 3.01. The first kappa shape index (κ1) is 18.4. The monoisotopic (exact) mass is 370 g/mol. The summed E-state index contributed by atoms with van der Waals surface area (Å²) in [6.45, 7) is 4.32. The van der Waals surface area contributed by atoms with Crippen molar-refractivity contribution in [1.82, 2.24) is 0 Å². The van der Waals surface area contributed by atoms with Gasteiger partial charge in [0, 0.05) is 5.92 Å². The van der Waals surface area contributed by atoms with E-state index in [-0.39, 0.29) is 11.7 Å². The van der Waals surface area contributed by atoms with Crippen LogP contribution in [0.1, 0.15) is 59.9 Å². The van der Waals surface area contributed by atoms with E-state index in [0.717, 1.165) is 41.5 Å². The van der Waals surface area contributed by atoms with Crippen molar-refractivity contribution in [3.05, 3.63) is 94.5 Å². The van der Waals surface area contributed by atoms with Crippen molar-refractivity contribution in [1.29, 1.82) is 0 Å². The molecule has 142 valence electrons. The van der Waals surface area contributed by atoms with E-state index in [1.165, 1.54) is 16.7 Å². The number of allylic oxidation sites excluding steroid dienone is 1. The number of hydrogen-bond donors (Lipinski definition) is 2. The van der Waals surface area contributed by atoms with Crippen molar-refractivity contribution in [2.45, 2.75) is 39.0 Å². The lowest BCUT2D eigenvalue weighted by Gasteiger charge is -2.19. The average molecular weight is 370 g/mol. The highest BCUT2D eigenvalue weighted by molar-refractivity contribution is 6.06. The van der Waals surface area contributed by atoms with Crippen LogP contribution in [0.4, 0.5) is 0 Å². The second-order valence-electron chi connectivity index (χ2n) is 7.62. The van der Waals surface area contributed by atoms with Crippen molar-refractivity contribution in [2.24, 2.45) is 0 Å². The molecule has 1 atom stereocenters. The quantitative estimate of drug-likeness (QED) is 0.527. The van der Waals surface area contributed by atoms with E-state index in [1.807, 2.05) is 30.3 Å². The molecule has 2 N–H and O–H groups in total. The number of fused-ring (bicyclic) bond motifs is 1. The van der Waals surface area contributed by atoms with Crippen LogP contribution in [0.5, 0.6) is 11.5 Å².